The number of hydrogen-bond donors (Lipinski definition) is 2. The standard InChI is InChI=1S/C18H24N4O2/c1-22-17(23)10-8-15(21-22)18(24)20-16-9-7-14(12-19-16)11-13-5-3-2-4-6-13/h7-10,12-13,17,23H,2-6,11H2,1H3,(H,19,20,24). The number of anilines is 1. The van der Waals surface area contributed by atoms with Gasteiger partial charge in [0.05, 0.1) is 0 Å². The molecule has 24 heavy (non-hydrogen) atoms. The number of aliphatic hydroxyl groups excluding tert-OH is 1. The van der Waals surface area contributed by atoms with Gasteiger partial charge in [-0.25, -0.2) is 4.98 Å². The number of hydrogen-bond acceptors (Lipinski definition) is 5. The number of likely N-dealkylation sites (N-methyl/N-ethyl adjacent to an activating group) is 1. The number of carbonyl (C=O) groups is 1. The van der Waals surface area contributed by atoms with Gasteiger partial charge >= 0.3 is 0 Å². The molecule has 0 saturated heterocycles. The van der Waals surface area contributed by atoms with Crippen molar-refractivity contribution >= 4 is 17.4 Å². The van der Waals surface area contributed by atoms with E-state index in [9.17, 15) is 9.90 Å². The van der Waals surface area contributed by atoms with Crippen molar-refractivity contribution in [2.24, 2.45) is 11.0 Å². The zero-order valence-electron chi connectivity index (χ0n) is 14.0. The van der Waals surface area contributed by atoms with Crippen molar-refractivity contribution in [3.05, 3.63) is 36.0 Å². The summed E-state index contributed by atoms with van der Waals surface area (Å²) in [5, 5.41) is 17.6. The molecular formula is C18H24N4O2. The third-order valence-electron chi connectivity index (χ3n) is 4.62. The van der Waals surface area contributed by atoms with E-state index in [0.29, 0.717) is 5.82 Å². The van der Waals surface area contributed by atoms with E-state index in [2.05, 4.69) is 15.4 Å². The average Bonchev–Trinajstić information content (AvgIpc) is 2.60. The van der Waals surface area contributed by atoms with Crippen molar-refractivity contribution in [3.8, 4) is 0 Å². The summed E-state index contributed by atoms with van der Waals surface area (Å²) >= 11 is 0. The SMILES string of the molecule is CN1N=C(C(=O)Nc2ccc(CC3CCCCC3)cn2)C=CC1O. The molecule has 1 aromatic rings. The molecule has 0 aromatic carbocycles. The first-order valence-corrected chi connectivity index (χ1v) is 8.56. The number of rotatable bonds is 4. The third-order valence-corrected chi connectivity index (χ3v) is 4.62. The Morgan fingerprint density at radius 3 is 2.79 bits per heavy atom. The van der Waals surface area contributed by atoms with E-state index in [1.54, 1.807) is 7.05 Å². The maximum absolute atomic E-state index is 12.2. The highest BCUT2D eigenvalue weighted by molar-refractivity contribution is 6.47. The number of pyridine rings is 1. The smallest absolute Gasteiger partial charge is 0.277 e. The van der Waals surface area contributed by atoms with E-state index in [4.69, 9.17) is 0 Å². The van der Waals surface area contributed by atoms with Gasteiger partial charge in [0.15, 0.2) is 6.23 Å². The number of amides is 1. The van der Waals surface area contributed by atoms with Crippen LogP contribution < -0.4 is 5.32 Å². The van der Waals surface area contributed by atoms with Gasteiger partial charge in [0.2, 0.25) is 0 Å². The van der Waals surface area contributed by atoms with Crippen molar-refractivity contribution < 1.29 is 9.90 Å². The van der Waals surface area contributed by atoms with E-state index in [1.807, 2.05) is 18.3 Å². The van der Waals surface area contributed by atoms with Crippen LogP contribution in [-0.2, 0) is 11.2 Å². The molecule has 0 spiro atoms. The molecular weight excluding hydrogens is 304 g/mol. The lowest BCUT2D eigenvalue weighted by Crippen LogP contribution is -2.33. The quantitative estimate of drug-likeness (QED) is 0.889. The highest BCUT2D eigenvalue weighted by Crippen LogP contribution is 2.26. The van der Waals surface area contributed by atoms with Crippen molar-refractivity contribution in [1.29, 1.82) is 0 Å². The predicted molar refractivity (Wildman–Crippen MR) is 93.5 cm³/mol. The van der Waals surface area contributed by atoms with Gasteiger partial charge in [-0.15, -0.1) is 0 Å². The minimum absolute atomic E-state index is 0.246. The molecule has 0 radical (unpaired) electrons. The topological polar surface area (TPSA) is 77.8 Å². The number of hydrazone groups is 1. The highest BCUT2D eigenvalue weighted by Gasteiger charge is 2.18. The van der Waals surface area contributed by atoms with Crippen LogP contribution in [0.4, 0.5) is 5.82 Å². The van der Waals surface area contributed by atoms with E-state index in [0.717, 1.165) is 12.3 Å². The molecule has 1 fully saturated rings. The number of aromatic nitrogens is 1. The highest BCUT2D eigenvalue weighted by atomic mass is 16.3. The Hall–Kier alpha value is -2.21. The molecule has 1 saturated carbocycles. The van der Waals surface area contributed by atoms with Crippen molar-refractivity contribution in [2.45, 2.75) is 44.8 Å². The molecule has 1 atom stereocenters. The molecule has 6 heteroatoms. The maximum atomic E-state index is 12.2. The van der Waals surface area contributed by atoms with Gasteiger partial charge < -0.3 is 10.4 Å². The van der Waals surface area contributed by atoms with Crippen molar-refractivity contribution in [2.75, 3.05) is 12.4 Å². The molecule has 3 rings (SSSR count). The molecule has 128 valence electrons. The van der Waals surface area contributed by atoms with E-state index in [-0.39, 0.29) is 11.6 Å². The Balaban J connectivity index is 1.57. The summed E-state index contributed by atoms with van der Waals surface area (Å²) < 4.78 is 0. The monoisotopic (exact) mass is 328 g/mol. The van der Waals surface area contributed by atoms with Crippen LogP contribution in [0, 0.1) is 5.92 Å². The molecule has 0 bridgehead atoms. The largest absolute Gasteiger partial charge is 0.369 e. The van der Waals surface area contributed by atoms with Crippen LogP contribution in [0.1, 0.15) is 37.7 Å². The summed E-state index contributed by atoms with van der Waals surface area (Å²) in [5.41, 5.74) is 1.47. The van der Waals surface area contributed by atoms with Gasteiger partial charge in [-0.1, -0.05) is 38.2 Å². The van der Waals surface area contributed by atoms with Crippen LogP contribution >= 0.6 is 0 Å². The van der Waals surface area contributed by atoms with Crippen LogP contribution in [0.25, 0.3) is 0 Å². The van der Waals surface area contributed by atoms with Crippen LogP contribution in [0.15, 0.2) is 35.6 Å². The van der Waals surface area contributed by atoms with E-state index < -0.39 is 6.23 Å². The normalized spacial score (nSPS) is 21.5. The Morgan fingerprint density at radius 2 is 2.12 bits per heavy atom. The van der Waals surface area contributed by atoms with Gasteiger partial charge in [0.1, 0.15) is 11.5 Å². The minimum atomic E-state index is -0.793. The maximum Gasteiger partial charge on any atom is 0.277 e. The zero-order chi connectivity index (χ0) is 16.9. The molecule has 2 N–H and O–H groups in total. The molecule has 1 amide bonds. The molecule has 6 nitrogen and oxygen atoms in total. The molecule has 1 aliphatic heterocycles. The fourth-order valence-corrected chi connectivity index (χ4v) is 3.21. The van der Waals surface area contributed by atoms with Crippen molar-refractivity contribution in [3.63, 3.8) is 0 Å². The second-order valence-electron chi connectivity index (χ2n) is 6.55. The summed E-state index contributed by atoms with van der Waals surface area (Å²) in [4.78, 5) is 16.5. The zero-order valence-corrected chi connectivity index (χ0v) is 14.0. The fraction of sp³-hybridized carbons (Fsp3) is 0.500. The van der Waals surface area contributed by atoms with Gasteiger partial charge in [0.25, 0.3) is 5.91 Å². The summed E-state index contributed by atoms with van der Waals surface area (Å²) in [7, 11) is 1.61. The van der Waals surface area contributed by atoms with Crippen LogP contribution in [0.5, 0.6) is 0 Å². The second-order valence-corrected chi connectivity index (χ2v) is 6.55. The first-order chi connectivity index (χ1) is 11.6. The van der Waals surface area contributed by atoms with Gasteiger partial charge in [0, 0.05) is 13.2 Å². The lowest BCUT2D eigenvalue weighted by molar-refractivity contribution is -0.110. The third kappa shape index (κ3) is 4.20. The minimum Gasteiger partial charge on any atom is -0.369 e. The molecule has 1 unspecified atom stereocenters. The predicted octanol–water partition coefficient (Wildman–Crippen LogP) is 2.32. The number of aliphatic hydroxyl groups is 1. The van der Waals surface area contributed by atoms with Gasteiger partial charge in [-0.3, -0.25) is 9.80 Å². The van der Waals surface area contributed by atoms with Crippen LogP contribution in [0.3, 0.4) is 0 Å². The molecule has 1 aromatic heterocycles. The lowest BCUT2D eigenvalue weighted by atomic mass is 9.85. The van der Waals surface area contributed by atoms with Crippen molar-refractivity contribution in [1.82, 2.24) is 9.99 Å². The first kappa shape index (κ1) is 16.6. The molecule has 1 aliphatic carbocycles. The second kappa shape index (κ2) is 7.57. The Labute approximate surface area is 142 Å². The first-order valence-electron chi connectivity index (χ1n) is 8.56. The van der Waals surface area contributed by atoms with Gasteiger partial charge in [-0.05, 0) is 36.1 Å². The van der Waals surface area contributed by atoms with Crippen LogP contribution in [-0.4, -0.2) is 40.0 Å². The number of carbonyl (C=O) groups excluding carboxylic acids is 1. The van der Waals surface area contributed by atoms with Gasteiger partial charge in [-0.2, -0.15) is 5.10 Å². The summed E-state index contributed by atoms with van der Waals surface area (Å²) in [6.07, 6.45) is 11.8. The summed E-state index contributed by atoms with van der Waals surface area (Å²) in [6.45, 7) is 0. The van der Waals surface area contributed by atoms with Crippen LogP contribution in [0.2, 0.25) is 0 Å². The van der Waals surface area contributed by atoms with E-state index in [1.165, 1.54) is 54.8 Å². The number of nitrogens with zero attached hydrogens (tertiary/aromatic N) is 3. The number of nitrogens with one attached hydrogen (secondary N) is 1. The van der Waals surface area contributed by atoms with E-state index >= 15 is 0 Å². The average molecular weight is 328 g/mol. The summed E-state index contributed by atoms with van der Waals surface area (Å²) in [6, 6.07) is 3.87. The fourth-order valence-electron chi connectivity index (χ4n) is 3.21. The Bertz CT molecular complexity index is 633. The lowest BCUT2D eigenvalue weighted by Gasteiger charge is -2.22. The molecule has 2 aliphatic rings. The summed E-state index contributed by atoms with van der Waals surface area (Å²) in [5.74, 6) is 0.944. The molecule has 2 heterocycles. The Morgan fingerprint density at radius 1 is 1.33 bits per heavy atom. The Kier molecular flexibility index (Phi) is 5.25.